The minimum atomic E-state index is -0.489. The van der Waals surface area contributed by atoms with E-state index in [1.165, 1.54) is 0 Å². The Kier molecular flexibility index (Phi) is 2.38. The van der Waals surface area contributed by atoms with Crippen molar-refractivity contribution in [3.8, 4) is 0 Å². The molecule has 2 aliphatic heterocycles. The van der Waals surface area contributed by atoms with Crippen LogP contribution in [0, 0.1) is 0 Å². The van der Waals surface area contributed by atoms with Crippen molar-refractivity contribution in [2.45, 2.75) is 57.4 Å². The van der Waals surface area contributed by atoms with Crippen molar-refractivity contribution in [1.82, 2.24) is 0 Å². The second-order valence-electron chi connectivity index (χ2n) is 4.96. The molecule has 2 heterocycles. The van der Waals surface area contributed by atoms with Gasteiger partial charge in [-0.05, 0) is 27.7 Å². The lowest BCUT2D eigenvalue weighted by molar-refractivity contribution is -0.199. The predicted molar refractivity (Wildman–Crippen MR) is 56.6 cm³/mol. The SMILES string of the molecule is CC1(C)OC2C(CS)OC(C)(C)C2O1. The van der Waals surface area contributed by atoms with Crippen LogP contribution in [0.2, 0.25) is 0 Å². The molecule has 2 aliphatic rings. The van der Waals surface area contributed by atoms with Crippen LogP contribution >= 0.6 is 12.6 Å². The van der Waals surface area contributed by atoms with Crippen LogP contribution in [0.5, 0.6) is 0 Å². The van der Waals surface area contributed by atoms with Gasteiger partial charge in [-0.2, -0.15) is 12.6 Å². The molecule has 2 saturated heterocycles. The second kappa shape index (κ2) is 3.11. The summed E-state index contributed by atoms with van der Waals surface area (Å²) in [5.41, 5.74) is -0.272. The molecule has 0 spiro atoms. The molecule has 0 saturated carbocycles. The van der Waals surface area contributed by atoms with E-state index in [2.05, 4.69) is 12.6 Å². The predicted octanol–water partition coefficient (Wildman–Crippen LogP) is 1.61. The lowest BCUT2D eigenvalue weighted by Crippen LogP contribution is -2.37. The van der Waals surface area contributed by atoms with Gasteiger partial charge in [0, 0.05) is 5.75 Å². The molecule has 82 valence electrons. The average Bonchev–Trinajstić information content (AvgIpc) is 2.46. The summed E-state index contributed by atoms with van der Waals surface area (Å²) in [7, 11) is 0. The Balaban J connectivity index is 2.21. The lowest BCUT2D eigenvalue weighted by Gasteiger charge is -2.27. The minimum absolute atomic E-state index is 0.0228. The Hall–Kier alpha value is 0.230. The van der Waals surface area contributed by atoms with Crippen LogP contribution in [0.1, 0.15) is 27.7 Å². The normalized spacial score (nSPS) is 43.9. The third-order valence-corrected chi connectivity index (χ3v) is 3.18. The molecule has 14 heavy (non-hydrogen) atoms. The highest BCUT2D eigenvalue weighted by atomic mass is 32.1. The summed E-state index contributed by atoms with van der Waals surface area (Å²) in [5.74, 6) is 0.182. The van der Waals surface area contributed by atoms with Crippen molar-refractivity contribution in [2.24, 2.45) is 0 Å². The van der Waals surface area contributed by atoms with Crippen molar-refractivity contribution in [3.05, 3.63) is 0 Å². The number of hydrogen-bond acceptors (Lipinski definition) is 4. The maximum absolute atomic E-state index is 5.84. The maximum Gasteiger partial charge on any atom is 0.164 e. The molecule has 2 rings (SSSR count). The monoisotopic (exact) mass is 218 g/mol. The van der Waals surface area contributed by atoms with Crippen LogP contribution in [0.3, 0.4) is 0 Å². The first kappa shape index (κ1) is 10.7. The van der Waals surface area contributed by atoms with Crippen LogP contribution in [0.25, 0.3) is 0 Å². The van der Waals surface area contributed by atoms with E-state index in [0.29, 0.717) is 5.75 Å². The largest absolute Gasteiger partial charge is 0.366 e. The molecule has 0 N–H and O–H groups in total. The van der Waals surface area contributed by atoms with Crippen LogP contribution < -0.4 is 0 Å². The molecule has 3 atom stereocenters. The topological polar surface area (TPSA) is 27.7 Å². The molecule has 0 aromatic carbocycles. The number of hydrogen-bond donors (Lipinski definition) is 1. The second-order valence-corrected chi connectivity index (χ2v) is 5.33. The molecule has 0 amide bonds. The van der Waals surface area contributed by atoms with Gasteiger partial charge in [-0.15, -0.1) is 0 Å². The van der Waals surface area contributed by atoms with Crippen molar-refractivity contribution in [3.63, 3.8) is 0 Å². The molecule has 3 nitrogen and oxygen atoms in total. The van der Waals surface area contributed by atoms with Gasteiger partial charge in [0.15, 0.2) is 5.79 Å². The summed E-state index contributed by atoms with van der Waals surface area (Å²) in [6, 6.07) is 0. The summed E-state index contributed by atoms with van der Waals surface area (Å²) in [4.78, 5) is 0. The summed E-state index contributed by atoms with van der Waals surface area (Å²) in [6.07, 6.45) is 0.0901. The quantitative estimate of drug-likeness (QED) is 0.678. The smallest absolute Gasteiger partial charge is 0.164 e. The van der Waals surface area contributed by atoms with Gasteiger partial charge in [0.05, 0.1) is 11.7 Å². The van der Waals surface area contributed by atoms with Gasteiger partial charge in [-0.3, -0.25) is 0 Å². The number of fused-ring (bicyclic) bond motifs is 1. The van der Waals surface area contributed by atoms with Gasteiger partial charge in [-0.1, -0.05) is 0 Å². The Morgan fingerprint density at radius 3 is 2.29 bits per heavy atom. The fraction of sp³-hybridized carbons (Fsp3) is 1.00. The van der Waals surface area contributed by atoms with Crippen molar-refractivity contribution in [2.75, 3.05) is 5.75 Å². The van der Waals surface area contributed by atoms with E-state index < -0.39 is 5.79 Å². The molecule has 0 aromatic rings. The van der Waals surface area contributed by atoms with E-state index in [0.717, 1.165) is 0 Å². The Morgan fingerprint density at radius 2 is 1.71 bits per heavy atom. The zero-order valence-electron chi connectivity index (χ0n) is 9.11. The number of thiol groups is 1. The van der Waals surface area contributed by atoms with Gasteiger partial charge in [-0.25, -0.2) is 0 Å². The molecule has 0 aliphatic carbocycles. The first-order valence-corrected chi connectivity index (χ1v) is 5.63. The van der Waals surface area contributed by atoms with E-state index in [1.807, 2.05) is 27.7 Å². The van der Waals surface area contributed by atoms with Gasteiger partial charge >= 0.3 is 0 Å². The average molecular weight is 218 g/mol. The molecule has 0 bridgehead atoms. The van der Waals surface area contributed by atoms with E-state index in [9.17, 15) is 0 Å². The Labute approximate surface area is 90.5 Å². The van der Waals surface area contributed by atoms with Crippen LogP contribution in [-0.2, 0) is 14.2 Å². The third-order valence-electron chi connectivity index (χ3n) is 2.82. The van der Waals surface area contributed by atoms with Gasteiger partial charge in [0.25, 0.3) is 0 Å². The highest BCUT2D eigenvalue weighted by Gasteiger charge is 2.58. The van der Waals surface area contributed by atoms with Gasteiger partial charge in [0.2, 0.25) is 0 Å². The molecular formula is C10H18O3S. The molecule has 3 unspecified atom stereocenters. The minimum Gasteiger partial charge on any atom is -0.366 e. The summed E-state index contributed by atoms with van der Waals surface area (Å²) in [5, 5.41) is 0. The zero-order chi connectivity index (χ0) is 10.6. The van der Waals surface area contributed by atoms with Gasteiger partial charge < -0.3 is 14.2 Å². The number of ether oxygens (including phenoxy) is 3. The molecule has 0 aromatic heterocycles. The van der Waals surface area contributed by atoms with Crippen molar-refractivity contribution >= 4 is 12.6 Å². The van der Waals surface area contributed by atoms with E-state index in [-0.39, 0.29) is 23.9 Å². The zero-order valence-corrected chi connectivity index (χ0v) is 10.0. The highest BCUT2D eigenvalue weighted by Crippen LogP contribution is 2.43. The standard InChI is InChI=1S/C10H18O3S/c1-9(2)8-7(6(5-14)11-9)12-10(3,4)13-8/h6-8,14H,5H2,1-4H3. The van der Waals surface area contributed by atoms with Crippen LogP contribution in [0.4, 0.5) is 0 Å². The third kappa shape index (κ3) is 1.58. The fourth-order valence-electron chi connectivity index (χ4n) is 2.26. The maximum atomic E-state index is 5.84. The summed E-state index contributed by atoms with van der Waals surface area (Å²) in [6.45, 7) is 7.96. The Morgan fingerprint density at radius 1 is 1.07 bits per heavy atom. The van der Waals surface area contributed by atoms with Crippen molar-refractivity contribution < 1.29 is 14.2 Å². The fourth-order valence-corrected chi connectivity index (χ4v) is 2.55. The molecular weight excluding hydrogens is 200 g/mol. The Bertz CT molecular complexity index is 240. The van der Waals surface area contributed by atoms with Crippen molar-refractivity contribution in [1.29, 1.82) is 0 Å². The molecule has 2 fully saturated rings. The van der Waals surface area contributed by atoms with E-state index in [1.54, 1.807) is 0 Å². The lowest BCUT2D eigenvalue weighted by atomic mass is 9.99. The van der Waals surface area contributed by atoms with Crippen LogP contribution in [-0.4, -0.2) is 35.5 Å². The van der Waals surface area contributed by atoms with E-state index in [4.69, 9.17) is 14.2 Å². The molecule has 0 radical (unpaired) electrons. The first-order chi connectivity index (χ1) is 6.36. The molecule has 4 heteroatoms. The highest BCUT2D eigenvalue weighted by molar-refractivity contribution is 7.80. The summed E-state index contributed by atoms with van der Waals surface area (Å²) < 4.78 is 17.5. The van der Waals surface area contributed by atoms with Gasteiger partial charge in [0.1, 0.15) is 12.2 Å². The van der Waals surface area contributed by atoms with E-state index >= 15 is 0 Å². The van der Waals surface area contributed by atoms with Crippen LogP contribution in [0.15, 0.2) is 0 Å². The summed E-state index contributed by atoms with van der Waals surface area (Å²) >= 11 is 4.27. The first-order valence-electron chi connectivity index (χ1n) is 5.00. The number of rotatable bonds is 1.